The molecule has 1 aromatic heterocycles. The summed E-state index contributed by atoms with van der Waals surface area (Å²) in [7, 11) is 0. The summed E-state index contributed by atoms with van der Waals surface area (Å²) in [5.74, 6) is -0.420. The SMILES string of the molecule is Cc1cccnc1C(=O)N1CSC[C@H]1C(=O)O. The molecule has 1 aromatic rings. The van der Waals surface area contributed by atoms with E-state index in [1.54, 1.807) is 25.3 Å². The van der Waals surface area contributed by atoms with Crippen LogP contribution in [0.3, 0.4) is 0 Å². The van der Waals surface area contributed by atoms with Gasteiger partial charge in [-0.25, -0.2) is 4.79 Å². The lowest BCUT2D eigenvalue weighted by Crippen LogP contribution is -2.42. The molecule has 0 unspecified atom stereocenters. The van der Waals surface area contributed by atoms with Crippen molar-refractivity contribution in [2.75, 3.05) is 11.6 Å². The highest BCUT2D eigenvalue weighted by Crippen LogP contribution is 2.23. The third-order valence-electron chi connectivity index (χ3n) is 2.64. The molecule has 0 radical (unpaired) electrons. The molecule has 17 heavy (non-hydrogen) atoms. The number of carbonyl (C=O) groups is 2. The number of aromatic nitrogens is 1. The topological polar surface area (TPSA) is 70.5 Å². The van der Waals surface area contributed by atoms with Crippen LogP contribution < -0.4 is 0 Å². The number of thioether (sulfide) groups is 1. The molecule has 1 saturated heterocycles. The third-order valence-corrected chi connectivity index (χ3v) is 3.65. The molecule has 2 rings (SSSR count). The Bertz CT molecular complexity index is 464. The Labute approximate surface area is 103 Å². The van der Waals surface area contributed by atoms with Gasteiger partial charge in [0.1, 0.15) is 11.7 Å². The predicted molar refractivity (Wildman–Crippen MR) is 63.9 cm³/mol. The Morgan fingerprint density at radius 2 is 2.35 bits per heavy atom. The lowest BCUT2D eigenvalue weighted by Gasteiger charge is -2.20. The van der Waals surface area contributed by atoms with Gasteiger partial charge in [-0.1, -0.05) is 6.07 Å². The second kappa shape index (κ2) is 4.75. The zero-order valence-corrected chi connectivity index (χ0v) is 10.1. The molecule has 1 aliphatic rings. The lowest BCUT2D eigenvalue weighted by atomic mass is 10.2. The van der Waals surface area contributed by atoms with E-state index in [0.29, 0.717) is 17.3 Å². The van der Waals surface area contributed by atoms with E-state index < -0.39 is 12.0 Å². The van der Waals surface area contributed by atoms with Crippen molar-refractivity contribution in [3.63, 3.8) is 0 Å². The van der Waals surface area contributed by atoms with Gasteiger partial charge in [0.15, 0.2) is 0 Å². The Kier molecular flexibility index (Phi) is 3.33. The van der Waals surface area contributed by atoms with Crippen LogP contribution in [0.15, 0.2) is 18.3 Å². The number of pyridine rings is 1. The van der Waals surface area contributed by atoms with E-state index in [1.807, 2.05) is 0 Å². The van der Waals surface area contributed by atoms with Crippen molar-refractivity contribution in [3.8, 4) is 0 Å². The van der Waals surface area contributed by atoms with Crippen molar-refractivity contribution >= 4 is 23.6 Å². The number of amides is 1. The number of carboxylic acid groups (broad SMARTS) is 1. The van der Waals surface area contributed by atoms with E-state index in [4.69, 9.17) is 5.11 Å². The van der Waals surface area contributed by atoms with E-state index in [1.165, 1.54) is 16.7 Å². The second-order valence-electron chi connectivity index (χ2n) is 3.80. The van der Waals surface area contributed by atoms with Gasteiger partial charge in [-0.3, -0.25) is 9.78 Å². The molecule has 1 aliphatic heterocycles. The molecule has 0 saturated carbocycles. The molecule has 0 bridgehead atoms. The highest BCUT2D eigenvalue weighted by atomic mass is 32.2. The molecule has 0 aliphatic carbocycles. The van der Waals surface area contributed by atoms with E-state index in [9.17, 15) is 9.59 Å². The van der Waals surface area contributed by atoms with Gasteiger partial charge in [-0.05, 0) is 18.6 Å². The fourth-order valence-corrected chi connectivity index (χ4v) is 2.84. The van der Waals surface area contributed by atoms with Crippen LogP contribution in [-0.2, 0) is 4.79 Å². The average molecular weight is 252 g/mol. The first-order chi connectivity index (χ1) is 8.11. The average Bonchev–Trinajstić information content (AvgIpc) is 2.77. The van der Waals surface area contributed by atoms with Crippen LogP contribution in [0.25, 0.3) is 0 Å². The van der Waals surface area contributed by atoms with E-state index in [0.717, 1.165) is 5.56 Å². The van der Waals surface area contributed by atoms with Gasteiger partial charge < -0.3 is 10.0 Å². The van der Waals surface area contributed by atoms with Crippen LogP contribution in [0.2, 0.25) is 0 Å². The van der Waals surface area contributed by atoms with Gasteiger partial charge in [-0.15, -0.1) is 11.8 Å². The molecule has 1 atom stereocenters. The number of rotatable bonds is 2. The fraction of sp³-hybridized carbons (Fsp3) is 0.364. The van der Waals surface area contributed by atoms with E-state index in [2.05, 4.69) is 4.98 Å². The number of carboxylic acids is 1. The molecular weight excluding hydrogens is 240 g/mol. The highest BCUT2D eigenvalue weighted by molar-refractivity contribution is 7.99. The summed E-state index contributed by atoms with van der Waals surface area (Å²) in [4.78, 5) is 28.6. The molecule has 1 fully saturated rings. The summed E-state index contributed by atoms with van der Waals surface area (Å²) in [6.07, 6.45) is 1.54. The van der Waals surface area contributed by atoms with Crippen molar-refractivity contribution in [1.29, 1.82) is 0 Å². The molecule has 90 valence electrons. The Hall–Kier alpha value is -1.56. The summed E-state index contributed by atoms with van der Waals surface area (Å²) >= 11 is 1.44. The normalized spacial score (nSPS) is 19.4. The predicted octanol–water partition coefficient (Wildman–Crippen LogP) is 0.990. The summed E-state index contributed by atoms with van der Waals surface area (Å²) in [6, 6.07) is 2.80. The van der Waals surface area contributed by atoms with Gasteiger partial charge in [-0.2, -0.15) is 0 Å². The zero-order valence-electron chi connectivity index (χ0n) is 9.29. The molecule has 6 heteroatoms. The van der Waals surface area contributed by atoms with Gasteiger partial charge in [0, 0.05) is 11.9 Å². The number of aliphatic carboxylic acids is 1. The summed E-state index contributed by atoms with van der Waals surface area (Å²) in [5, 5.41) is 9.02. The lowest BCUT2D eigenvalue weighted by molar-refractivity contribution is -0.140. The molecular formula is C11H12N2O3S. The van der Waals surface area contributed by atoms with Crippen LogP contribution in [0.5, 0.6) is 0 Å². The molecule has 2 heterocycles. The first-order valence-corrected chi connectivity index (χ1v) is 6.30. The summed E-state index contributed by atoms with van der Waals surface area (Å²) in [6.45, 7) is 1.79. The maximum Gasteiger partial charge on any atom is 0.327 e. The Balaban J connectivity index is 2.26. The largest absolute Gasteiger partial charge is 0.480 e. The second-order valence-corrected chi connectivity index (χ2v) is 4.80. The van der Waals surface area contributed by atoms with Crippen LogP contribution in [0.4, 0.5) is 0 Å². The number of carbonyl (C=O) groups excluding carboxylic acids is 1. The maximum atomic E-state index is 12.2. The Morgan fingerprint density at radius 1 is 1.59 bits per heavy atom. The first kappa shape index (κ1) is 11.9. The number of nitrogens with zero attached hydrogens (tertiary/aromatic N) is 2. The minimum atomic E-state index is -0.961. The van der Waals surface area contributed by atoms with Crippen LogP contribution in [-0.4, -0.2) is 44.5 Å². The zero-order chi connectivity index (χ0) is 12.4. The quantitative estimate of drug-likeness (QED) is 0.850. The molecule has 1 N–H and O–H groups in total. The minimum Gasteiger partial charge on any atom is -0.480 e. The van der Waals surface area contributed by atoms with Crippen molar-refractivity contribution in [2.24, 2.45) is 0 Å². The third kappa shape index (κ3) is 2.26. The smallest absolute Gasteiger partial charge is 0.327 e. The van der Waals surface area contributed by atoms with Crippen molar-refractivity contribution in [1.82, 2.24) is 9.88 Å². The van der Waals surface area contributed by atoms with Crippen molar-refractivity contribution in [2.45, 2.75) is 13.0 Å². The number of hydrogen-bond donors (Lipinski definition) is 1. The summed E-state index contributed by atoms with van der Waals surface area (Å²) in [5.41, 5.74) is 1.10. The van der Waals surface area contributed by atoms with Crippen LogP contribution in [0.1, 0.15) is 16.1 Å². The maximum absolute atomic E-state index is 12.2. The van der Waals surface area contributed by atoms with Gasteiger partial charge in [0.05, 0.1) is 5.88 Å². The van der Waals surface area contributed by atoms with Gasteiger partial charge in [0.2, 0.25) is 0 Å². The number of aryl methyl sites for hydroxylation is 1. The standard InChI is InChI=1S/C11H12N2O3S/c1-7-3-2-4-12-9(7)10(14)13-6-17-5-8(13)11(15)16/h2-4,8H,5-6H2,1H3,(H,15,16)/t8-/m0/s1. The fourth-order valence-electron chi connectivity index (χ4n) is 1.69. The monoisotopic (exact) mass is 252 g/mol. The van der Waals surface area contributed by atoms with Gasteiger partial charge >= 0.3 is 5.97 Å². The molecule has 5 nitrogen and oxygen atoms in total. The van der Waals surface area contributed by atoms with Crippen molar-refractivity contribution in [3.05, 3.63) is 29.6 Å². The molecule has 0 aromatic carbocycles. The van der Waals surface area contributed by atoms with E-state index in [-0.39, 0.29) is 5.91 Å². The summed E-state index contributed by atoms with van der Waals surface area (Å²) < 4.78 is 0. The molecule has 1 amide bonds. The van der Waals surface area contributed by atoms with Gasteiger partial charge in [0.25, 0.3) is 5.91 Å². The van der Waals surface area contributed by atoms with Crippen LogP contribution >= 0.6 is 11.8 Å². The molecule has 0 spiro atoms. The van der Waals surface area contributed by atoms with Crippen LogP contribution in [0, 0.1) is 6.92 Å². The van der Waals surface area contributed by atoms with Crippen molar-refractivity contribution < 1.29 is 14.7 Å². The minimum absolute atomic E-state index is 0.305. The number of hydrogen-bond acceptors (Lipinski definition) is 4. The van der Waals surface area contributed by atoms with E-state index >= 15 is 0 Å². The Morgan fingerprint density at radius 3 is 3.00 bits per heavy atom. The first-order valence-electron chi connectivity index (χ1n) is 5.14. The highest BCUT2D eigenvalue weighted by Gasteiger charge is 2.35.